The summed E-state index contributed by atoms with van der Waals surface area (Å²) in [7, 11) is 0. The van der Waals surface area contributed by atoms with E-state index in [0.29, 0.717) is 34.7 Å². The fourth-order valence-electron chi connectivity index (χ4n) is 4.61. The zero-order valence-corrected chi connectivity index (χ0v) is 16.5. The van der Waals surface area contributed by atoms with Gasteiger partial charge in [0.25, 0.3) is 5.56 Å². The first-order valence-electron chi connectivity index (χ1n) is 9.80. The van der Waals surface area contributed by atoms with Crippen LogP contribution in [0.3, 0.4) is 0 Å². The number of halogens is 1. The normalized spacial score (nSPS) is 19.2. The minimum absolute atomic E-state index is 0.148. The number of H-pyrrole nitrogens is 1. The second-order valence-electron chi connectivity index (χ2n) is 7.96. The van der Waals surface area contributed by atoms with Crippen LogP contribution < -0.4 is 17.0 Å². The number of hydrogen-bond donors (Lipinski definition) is 2. The molecule has 1 saturated carbocycles. The lowest BCUT2D eigenvalue weighted by atomic mass is 9.87. The van der Waals surface area contributed by atoms with E-state index in [0.717, 1.165) is 37.0 Å². The topological polar surface area (TPSA) is 80.4 Å². The molecular weight excluding hydrogens is 377 g/mol. The van der Waals surface area contributed by atoms with Crippen LogP contribution >= 0.6 is 11.3 Å². The lowest BCUT2D eigenvalue weighted by Gasteiger charge is -2.20. The van der Waals surface area contributed by atoms with Gasteiger partial charge in [-0.25, -0.2) is 9.18 Å². The summed E-state index contributed by atoms with van der Waals surface area (Å²) >= 11 is 1.61. The Hall–Kier alpha value is -2.25. The van der Waals surface area contributed by atoms with Crippen molar-refractivity contribution in [2.45, 2.75) is 50.9 Å². The van der Waals surface area contributed by atoms with Gasteiger partial charge in [-0.2, -0.15) is 0 Å². The number of nitrogens with one attached hydrogen (secondary N) is 1. The van der Waals surface area contributed by atoms with Gasteiger partial charge in [0.05, 0.1) is 11.7 Å². The third-order valence-corrected chi connectivity index (χ3v) is 7.37. The molecule has 2 aliphatic rings. The highest BCUT2D eigenvalue weighted by atomic mass is 32.1. The number of nitrogens with two attached hydrogens (primary N) is 1. The zero-order chi connectivity index (χ0) is 19.6. The van der Waals surface area contributed by atoms with Crippen LogP contribution in [0.25, 0.3) is 16.0 Å². The lowest BCUT2D eigenvalue weighted by molar-refractivity contribution is 0.567. The summed E-state index contributed by atoms with van der Waals surface area (Å²) in [5, 5.41) is 0. The van der Waals surface area contributed by atoms with Crippen molar-refractivity contribution in [1.29, 1.82) is 0 Å². The molecule has 0 aromatic carbocycles. The summed E-state index contributed by atoms with van der Waals surface area (Å²) in [4.78, 5) is 29.3. The molecule has 0 saturated heterocycles. The molecule has 5 rings (SSSR count). The molecule has 1 unspecified atom stereocenters. The van der Waals surface area contributed by atoms with Crippen molar-refractivity contribution in [1.82, 2.24) is 9.38 Å². The maximum Gasteiger partial charge on any atom is 0.333 e. The van der Waals surface area contributed by atoms with E-state index < -0.39 is 11.5 Å². The molecule has 3 N–H and O–H groups in total. The summed E-state index contributed by atoms with van der Waals surface area (Å²) in [6, 6.07) is 2.07. The predicted octanol–water partition coefficient (Wildman–Crippen LogP) is 3.42. The molecule has 3 aromatic rings. The van der Waals surface area contributed by atoms with Crippen molar-refractivity contribution in [2.75, 3.05) is 6.54 Å². The summed E-state index contributed by atoms with van der Waals surface area (Å²) < 4.78 is 16.4. The number of pyridine rings is 1. The number of rotatable bonds is 3. The van der Waals surface area contributed by atoms with Crippen molar-refractivity contribution in [3.05, 3.63) is 60.5 Å². The van der Waals surface area contributed by atoms with E-state index in [1.807, 2.05) is 6.92 Å². The maximum atomic E-state index is 15.2. The van der Waals surface area contributed by atoms with Crippen LogP contribution in [-0.2, 0) is 6.42 Å². The van der Waals surface area contributed by atoms with E-state index in [-0.39, 0.29) is 11.5 Å². The standard InChI is InChI=1S/C21H22FN3O2S/c1-10-17(16-7-13-12(8-23)3-2-4-15(13)28-16)14(22)9-25-19(10)18(11-5-6-11)20(26)24-21(25)27/h7,9,11-12H,2-6,8,23H2,1H3,(H,24,26,27). The molecule has 1 fully saturated rings. The number of aryl methyl sites for hydroxylation is 2. The molecular formula is C21H22FN3O2S. The van der Waals surface area contributed by atoms with Gasteiger partial charge in [0.1, 0.15) is 5.82 Å². The molecule has 3 heterocycles. The highest BCUT2D eigenvalue weighted by molar-refractivity contribution is 7.15. The van der Waals surface area contributed by atoms with Gasteiger partial charge < -0.3 is 5.73 Å². The molecule has 5 nitrogen and oxygen atoms in total. The monoisotopic (exact) mass is 399 g/mol. The Morgan fingerprint density at radius 1 is 1.32 bits per heavy atom. The van der Waals surface area contributed by atoms with Crippen molar-refractivity contribution >= 4 is 16.9 Å². The van der Waals surface area contributed by atoms with Gasteiger partial charge in [0, 0.05) is 20.9 Å². The van der Waals surface area contributed by atoms with Gasteiger partial charge in [-0.1, -0.05) is 0 Å². The van der Waals surface area contributed by atoms with Crippen LogP contribution in [-0.4, -0.2) is 15.9 Å². The Kier molecular flexibility index (Phi) is 4.07. The van der Waals surface area contributed by atoms with Crippen molar-refractivity contribution in [3.8, 4) is 10.4 Å². The molecule has 0 amide bonds. The highest BCUT2D eigenvalue weighted by Gasteiger charge is 2.31. The predicted molar refractivity (Wildman–Crippen MR) is 109 cm³/mol. The quantitative estimate of drug-likeness (QED) is 0.708. The minimum atomic E-state index is -0.591. The summed E-state index contributed by atoms with van der Waals surface area (Å²) in [5.41, 5.74) is 8.58. The molecule has 2 aliphatic carbocycles. The van der Waals surface area contributed by atoms with Gasteiger partial charge in [-0.05, 0) is 74.6 Å². The van der Waals surface area contributed by atoms with Crippen LogP contribution in [0.5, 0.6) is 0 Å². The molecule has 3 aromatic heterocycles. The maximum absolute atomic E-state index is 15.2. The zero-order valence-electron chi connectivity index (χ0n) is 15.7. The Labute approximate surface area is 165 Å². The summed E-state index contributed by atoms with van der Waals surface area (Å²) in [6.45, 7) is 2.41. The van der Waals surface area contributed by atoms with Gasteiger partial charge >= 0.3 is 5.69 Å². The Balaban J connectivity index is 1.80. The molecule has 0 aliphatic heterocycles. The first kappa shape index (κ1) is 17.8. The molecule has 0 radical (unpaired) electrons. The molecule has 7 heteroatoms. The van der Waals surface area contributed by atoms with Gasteiger partial charge in [0.2, 0.25) is 0 Å². The number of aromatic amines is 1. The van der Waals surface area contributed by atoms with E-state index in [1.165, 1.54) is 21.0 Å². The van der Waals surface area contributed by atoms with Crippen molar-refractivity contribution in [2.24, 2.45) is 5.73 Å². The number of nitrogens with zero attached hydrogens (tertiary/aromatic N) is 1. The molecule has 0 spiro atoms. The average molecular weight is 399 g/mol. The molecule has 146 valence electrons. The van der Waals surface area contributed by atoms with Gasteiger partial charge in [-0.15, -0.1) is 11.3 Å². The minimum Gasteiger partial charge on any atom is -0.330 e. The Morgan fingerprint density at radius 3 is 2.82 bits per heavy atom. The number of hydrogen-bond acceptors (Lipinski definition) is 4. The fraction of sp³-hybridized carbons (Fsp3) is 0.429. The second kappa shape index (κ2) is 6.39. The van der Waals surface area contributed by atoms with Gasteiger partial charge in [0.15, 0.2) is 0 Å². The third-order valence-electron chi connectivity index (χ3n) is 6.15. The Morgan fingerprint density at radius 2 is 2.11 bits per heavy atom. The van der Waals surface area contributed by atoms with Crippen LogP contribution in [0.4, 0.5) is 4.39 Å². The van der Waals surface area contributed by atoms with Crippen molar-refractivity contribution in [3.63, 3.8) is 0 Å². The van der Waals surface area contributed by atoms with Crippen LogP contribution in [0.1, 0.15) is 59.1 Å². The largest absolute Gasteiger partial charge is 0.333 e. The summed E-state index contributed by atoms with van der Waals surface area (Å²) in [6.07, 6.45) is 6.24. The fourth-order valence-corrected chi connectivity index (χ4v) is 6.01. The first-order valence-corrected chi connectivity index (χ1v) is 10.6. The van der Waals surface area contributed by atoms with E-state index in [1.54, 1.807) is 11.3 Å². The molecule has 1 atom stereocenters. The van der Waals surface area contributed by atoms with Crippen molar-refractivity contribution < 1.29 is 4.39 Å². The summed E-state index contributed by atoms with van der Waals surface area (Å²) in [5.74, 6) is 0.0309. The molecule has 28 heavy (non-hydrogen) atoms. The van der Waals surface area contributed by atoms with Gasteiger partial charge in [-0.3, -0.25) is 14.2 Å². The van der Waals surface area contributed by atoms with Crippen LogP contribution in [0, 0.1) is 12.7 Å². The van der Waals surface area contributed by atoms with E-state index in [9.17, 15) is 9.59 Å². The first-order chi connectivity index (χ1) is 13.5. The lowest BCUT2D eigenvalue weighted by Crippen LogP contribution is -2.29. The second-order valence-corrected chi connectivity index (χ2v) is 9.09. The third kappa shape index (κ3) is 2.60. The number of aromatic nitrogens is 2. The Bertz CT molecular complexity index is 1220. The van der Waals surface area contributed by atoms with Crippen LogP contribution in [0.15, 0.2) is 21.9 Å². The average Bonchev–Trinajstić information content (AvgIpc) is 3.40. The van der Waals surface area contributed by atoms with E-state index in [2.05, 4.69) is 11.1 Å². The highest BCUT2D eigenvalue weighted by Crippen LogP contribution is 2.45. The molecule has 0 bridgehead atoms. The number of thiophene rings is 1. The van der Waals surface area contributed by atoms with E-state index >= 15 is 4.39 Å². The van der Waals surface area contributed by atoms with E-state index in [4.69, 9.17) is 5.73 Å². The smallest absolute Gasteiger partial charge is 0.330 e. The van der Waals surface area contributed by atoms with Crippen LogP contribution in [0.2, 0.25) is 0 Å². The SMILES string of the molecule is Cc1c(-c2cc3c(s2)CCCC3CN)c(F)cn2c(=O)[nH]c(=O)c(C3CC3)c12. The number of fused-ring (bicyclic) bond motifs is 2.